The lowest BCUT2D eigenvalue weighted by atomic mass is 9.88. The van der Waals surface area contributed by atoms with E-state index in [4.69, 9.17) is 4.74 Å². The van der Waals surface area contributed by atoms with Gasteiger partial charge in [0.15, 0.2) is 0 Å². The van der Waals surface area contributed by atoms with Crippen molar-refractivity contribution in [2.75, 3.05) is 13.7 Å². The summed E-state index contributed by atoms with van der Waals surface area (Å²) in [5, 5.41) is 1.32. The highest BCUT2D eigenvalue weighted by molar-refractivity contribution is 5.86. The topological polar surface area (TPSA) is 44.1 Å². The van der Waals surface area contributed by atoms with Crippen LogP contribution in [-0.4, -0.2) is 28.5 Å². The zero-order chi connectivity index (χ0) is 15.6. The first kappa shape index (κ1) is 13.3. The molecule has 0 unspecified atom stereocenters. The Morgan fingerprint density at radius 3 is 2.96 bits per heavy atom. The minimum absolute atomic E-state index is 0.501. The molecular formula is C19H21N3O. The van der Waals surface area contributed by atoms with Crippen LogP contribution in [0.25, 0.3) is 10.9 Å². The molecular weight excluding hydrogens is 286 g/mol. The Balaban J connectivity index is 1.64. The highest BCUT2D eigenvalue weighted by Gasteiger charge is 2.34. The number of H-pyrrole nitrogens is 2. The molecule has 3 aromatic rings. The van der Waals surface area contributed by atoms with Gasteiger partial charge in [-0.05, 0) is 48.7 Å². The summed E-state index contributed by atoms with van der Waals surface area (Å²) in [6, 6.07) is 9.18. The molecule has 0 amide bonds. The minimum atomic E-state index is 0.501. The Labute approximate surface area is 135 Å². The number of hydrogen-bond acceptors (Lipinski definition) is 2. The van der Waals surface area contributed by atoms with E-state index < -0.39 is 0 Å². The average molecular weight is 307 g/mol. The lowest BCUT2D eigenvalue weighted by Gasteiger charge is -2.39. The normalized spacial score (nSPS) is 20.2. The second-order valence-corrected chi connectivity index (χ2v) is 6.82. The Morgan fingerprint density at radius 2 is 2.09 bits per heavy atom. The first-order valence-electron chi connectivity index (χ1n) is 8.33. The summed E-state index contributed by atoms with van der Waals surface area (Å²) < 4.78 is 5.42. The third-order valence-corrected chi connectivity index (χ3v) is 5.48. The molecule has 2 N–H and O–H groups in total. The monoisotopic (exact) mass is 307 g/mol. The third-order valence-electron chi connectivity index (χ3n) is 5.48. The van der Waals surface area contributed by atoms with E-state index in [2.05, 4.69) is 40.0 Å². The van der Waals surface area contributed by atoms with Crippen LogP contribution >= 0.6 is 0 Å². The lowest BCUT2D eigenvalue weighted by Crippen LogP contribution is -2.38. The van der Waals surface area contributed by atoms with Crippen LogP contribution in [0.5, 0.6) is 5.75 Å². The van der Waals surface area contributed by atoms with Gasteiger partial charge in [-0.25, -0.2) is 0 Å². The highest BCUT2D eigenvalue weighted by Crippen LogP contribution is 2.41. The van der Waals surface area contributed by atoms with Gasteiger partial charge in [-0.15, -0.1) is 0 Å². The second kappa shape index (κ2) is 4.65. The van der Waals surface area contributed by atoms with Crippen LogP contribution in [0.3, 0.4) is 0 Å². The molecule has 0 radical (unpaired) electrons. The summed E-state index contributed by atoms with van der Waals surface area (Å²) in [6.07, 6.45) is 2.20. The molecule has 23 heavy (non-hydrogen) atoms. The van der Waals surface area contributed by atoms with Crippen molar-refractivity contribution in [3.63, 3.8) is 0 Å². The molecule has 0 aliphatic carbocycles. The zero-order valence-corrected chi connectivity index (χ0v) is 13.6. The third kappa shape index (κ3) is 1.88. The number of hydrogen-bond donors (Lipinski definition) is 2. The van der Waals surface area contributed by atoms with Crippen LogP contribution in [0, 0.1) is 6.92 Å². The van der Waals surface area contributed by atoms with Crippen molar-refractivity contribution < 1.29 is 4.74 Å². The average Bonchev–Trinajstić information content (AvgIpc) is 3.11. The molecule has 4 nitrogen and oxygen atoms in total. The van der Waals surface area contributed by atoms with Gasteiger partial charge in [0.2, 0.25) is 0 Å². The highest BCUT2D eigenvalue weighted by atomic mass is 16.5. The van der Waals surface area contributed by atoms with Gasteiger partial charge in [0.1, 0.15) is 5.75 Å². The molecule has 2 aliphatic rings. The van der Waals surface area contributed by atoms with E-state index in [1.165, 1.54) is 39.1 Å². The van der Waals surface area contributed by atoms with E-state index in [0.717, 1.165) is 31.7 Å². The Morgan fingerprint density at radius 1 is 1.17 bits per heavy atom. The van der Waals surface area contributed by atoms with Crippen LogP contribution in [0.1, 0.15) is 34.3 Å². The van der Waals surface area contributed by atoms with Crippen molar-refractivity contribution in [3.8, 4) is 5.75 Å². The molecule has 0 saturated heterocycles. The van der Waals surface area contributed by atoms with Crippen molar-refractivity contribution in [3.05, 3.63) is 52.5 Å². The number of aryl methyl sites for hydroxylation is 1. The molecule has 0 bridgehead atoms. The molecule has 5 rings (SSSR count). The number of benzene rings is 1. The number of rotatable bonds is 1. The van der Waals surface area contributed by atoms with Gasteiger partial charge < -0.3 is 14.7 Å². The summed E-state index contributed by atoms with van der Waals surface area (Å²) in [5.74, 6) is 0.934. The molecule has 4 heteroatoms. The van der Waals surface area contributed by atoms with Gasteiger partial charge in [-0.3, -0.25) is 4.90 Å². The largest absolute Gasteiger partial charge is 0.497 e. The number of nitrogens with one attached hydrogen (secondary N) is 2. The molecule has 0 saturated carbocycles. The molecule has 1 atom stereocenters. The van der Waals surface area contributed by atoms with Crippen molar-refractivity contribution in [1.82, 2.24) is 14.9 Å². The van der Waals surface area contributed by atoms with E-state index in [1.807, 2.05) is 6.07 Å². The SMILES string of the molecule is COc1ccc2[nH]c3c(c2c1)C[C@H]1c2cc(C)[nH]c2CCN1C3. The minimum Gasteiger partial charge on any atom is -0.497 e. The summed E-state index contributed by atoms with van der Waals surface area (Å²) in [5.41, 5.74) is 8.28. The molecule has 118 valence electrons. The number of fused-ring (bicyclic) bond motifs is 6. The molecule has 2 aromatic heterocycles. The smallest absolute Gasteiger partial charge is 0.119 e. The summed E-state index contributed by atoms with van der Waals surface area (Å²) in [6.45, 7) is 4.31. The van der Waals surface area contributed by atoms with E-state index in [9.17, 15) is 0 Å². The second-order valence-electron chi connectivity index (χ2n) is 6.82. The first-order chi connectivity index (χ1) is 11.2. The Kier molecular flexibility index (Phi) is 2.68. The standard InChI is InChI=1S/C19H21N3O/c1-11-7-15-17(20-11)5-6-22-10-18-14(9-19(15)22)13-8-12(23-2)3-4-16(13)21-18/h3-4,7-8,19-21H,5-6,9-10H2,1-2H3/t19-/m0/s1. The molecule has 4 heterocycles. The van der Waals surface area contributed by atoms with E-state index in [1.54, 1.807) is 7.11 Å². The van der Waals surface area contributed by atoms with Crippen LogP contribution in [-0.2, 0) is 19.4 Å². The van der Waals surface area contributed by atoms with Crippen LogP contribution in [0.4, 0.5) is 0 Å². The molecule has 1 aromatic carbocycles. The summed E-state index contributed by atoms with van der Waals surface area (Å²) >= 11 is 0. The maximum atomic E-state index is 5.42. The fourth-order valence-electron chi connectivity index (χ4n) is 4.38. The van der Waals surface area contributed by atoms with Gasteiger partial charge >= 0.3 is 0 Å². The quantitative estimate of drug-likeness (QED) is 0.723. The maximum Gasteiger partial charge on any atom is 0.119 e. The van der Waals surface area contributed by atoms with Crippen LogP contribution in [0.15, 0.2) is 24.3 Å². The molecule has 0 spiro atoms. The fourth-order valence-corrected chi connectivity index (χ4v) is 4.38. The number of methoxy groups -OCH3 is 1. The van der Waals surface area contributed by atoms with Gasteiger partial charge in [-0.1, -0.05) is 0 Å². The van der Waals surface area contributed by atoms with E-state index in [-0.39, 0.29) is 0 Å². The van der Waals surface area contributed by atoms with Gasteiger partial charge in [0.05, 0.1) is 7.11 Å². The van der Waals surface area contributed by atoms with Gasteiger partial charge in [-0.2, -0.15) is 0 Å². The maximum absolute atomic E-state index is 5.42. The number of aromatic nitrogens is 2. The van der Waals surface area contributed by atoms with Gasteiger partial charge in [0.25, 0.3) is 0 Å². The fraction of sp³-hybridized carbons (Fsp3) is 0.368. The number of nitrogens with zero attached hydrogens (tertiary/aromatic N) is 1. The van der Waals surface area contributed by atoms with Crippen molar-refractivity contribution >= 4 is 10.9 Å². The van der Waals surface area contributed by atoms with Crippen molar-refractivity contribution in [2.45, 2.75) is 32.4 Å². The number of aromatic amines is 2. The summed E-state index contributed by atoms with van der Waals surface area (Å²) in [7, 11) is 1.73. The van der Waals surface area contributed by atoms with E-state index in [0.29, 0.717) is 6.04 Å². The first-order valence-corrected chi connectivity index (χ1v) is 8.33. The van der Waals surface area contributed by atoms with Crippen LogP contribution < -0.4 is 4.74 Å². The number of ether oxygens (including phenoxy) is 1. The van der Waals surface area contributed by atoms with Gasteiger partial charge in [0, 0.05) is 53.5 Å². The zero-order valence-electron chi connectivity index (χ0n) is 13.6. The molecule has 0 fully saturated rings. The van der Waals surface area contributed by atoms with Crippen LogP contribution in [0.2, 0.25) is 0 Å². The lowest BCUT2D eigenvalue weighted by molar-refractivity contribution is 0.159. The molecule has 2 aliphatic heterocycles. The Bertz CT molecular complexity index is 905. The Hall–Kier alpha value is -2.20. The van der Waals surface area contributed by atoms with Crippen molar-refractivity contribution in [1.29, 1.82) is 0 Å². The predicted molar refractivity (Wildman–Crippen MR) is 90.9 cm³/mol. The van der Waals surface area contributed by atoms with Crippen molar-refractivity contribution in [2.24, 2.45) is 0 Å². The summed E-state index contributed by atoms with van der Waals surface area (Å²) in [4.78, 5) is 9.79. The van der Waals surface area contributed by atoms with E-state index >= 15 is 0 Å². The predicted octanol–water partition coefficient (Wildman–Crippen LogP) is 3.47.